The van der Waals surface area contributed by atoms with Crippen molar-refractivity contribution in [2.45, 2.75) is 19.7 Å². The fourth-order valence-corrected chi connectivity index (χ4v) is 1.29. The molecule has 0 amide bonds. The van der Waals surface area contributed by atoms with Gasteiger partial charge in [-0.3, -0.25) is 4.79 Å². The average molecular weight is 248 g/mol. The number of hydrogen-bond acceptors (Lipinski definition) is 3. The van der Waals surface area contributed by atoms with Crippen molar-refractivity contribution in [3.05, 3.63) is 23.8 Å². The summed E-state index contributed by atoms with van der Waals surface area (Å²) in [7, 11) is 1.28. The van der Waals surface area contributed by atoms with Gasteiger partial charge in [0.25, 0.3) is 0 Å². The predicted octanol–water partition coefficient (Wildman–Crippen LogP) is 3.19. The molecule has 0 aliphatic heterocycles. The minimum Gasteiger partial charge on any atom is -0.496 e. The first kappa shape index (κ1) is 13.3. The Kier molecular flexibility index (Phi) is 3.98. The Bertz CT molecular complexity index is 413. The lowest BCUT2D eigenvalue weighted by molar-refractivity contribution is -0.274. The Balaban J connectivity index is 3.04. The predicted molar refractivity (Wildman–Crippen MR) is 54.3 cm³/mol. The first-order valence-corrected chi connectivity index (χ1v) is 4.84. The molecule has 0 aliphatic carbocycles. The highest BCUT2D eigenvalue weighted by molar-refractivity contribution is 5.98. The zero-order valence-electron chi connectivity index (χ0n) is 9.30. The van der Waals surface area contributed by atoms with Gasteiger partial charge in [0.15, 0.2) is 5.78 Å². The molecule has 0 radical (unpaired) electrons. The molecule has 1 rings (SSSR count). The molecule has 0 unspecified atom stereocenters. The molecule has 0 spiro atoms. The number of halogens is 3. The van der Waals surface area contributed by atoms with Crippen LogP contribution in [-0.4, -0.2) is 19.3 Å². The van der Waals surface area contributed by atoms with Gasteiger partial charge in [-0.05, 0) is 12.1 Å². The lowest BCUT2D eigenvalue weighted by Gasteiger charge is -2.12. The lowest BCUT2D eigenvalue weighted by Crippen LogP contribution is -2.17. The van der Waals surface area contributed by atoms with Crippen molar-refractivity contribution in [1.82, 2.24) is 0 Å². The van der Waals surface area contributed by atoms with E-state index in [0.717, 1.165) is 12.1 Å². The van der Waals surface area contributed by atoms with E-state index in [9.17, 15) is 18.0 Å². The molecule has 6 heteroatoms. The molecule has 0 aliphatic rings. The second-order valence-electron chi connectivity index (χ2n) is 3.19. The highest BCUT2D eigenvalue weighted by Crippen LogP contribution is 2.29. The number of ether oxygens (including phenoxy) is 2. The van der Waals surface area contributed by atoms with Crippen molar-refractivity contribution >= 4 is 5.78 Å². The van der Waals surface area contributed by atoms with E-state index in [4.69, 9.17) is 4.74 Å². The van der Waals surface area contributed by atoms with Crippen LogP contribution >= 0.6 is 0 Å². The quantitative estimate of drug-likeness (QED) is 0.767. The van der Waals surface area contributed by atoms with Gasteiger partial charge in [0, 0.05) is 12.5 Å². The summed E-state index contributed by atoms with van der Waals surface area (Å²) < 4.78 is 44.5. The third kappa shape index (κ3) is 3.65. The molecule has 0 fully saturated rings. The van der Waals surface area contributed by atoms with Crippen molar-refractivity contribution < 1.29 is 27.4 Å². The van der Waals surface area contributed by atoms with Gasteiger partial charge in [-0.1, -0.05) is 6.92 Å². The Morgan fingerprint density at radius 1 is 1.35 bits per heavy atom. The van der Waals surface area contributed by atoms with E-state index in [2.05, 4.69) is 4.74 Å². The monoisotopic (exact) mass is 248 g/mol. The molecular formula is C11H11F3O3. The van der Waals surface area contributed by atoms with E-state index in [0.29, 0.717) is 0 Å². The zero-order chi connectivity index (χ0) is 13.1. The summed E-state index contributed by atoms with van der Waals surface area (Å²) in [6.45, 7) is 1.65. The summed E-state index contributed by atoms with van der Waals surface area (Å²) in [5, 5.41) is 0. The van der Waals surface area contributed by atoms with Crippen LogP contribution in [0, 0.1) is 0 Å². The maximum atomic E-state index is 12.0. The molecule has 0 aromatic heterocycles. The number of carbonyl (C=O) groups is 1. The second kappa shape index (κ2) is 5.07. The molecule has 94 valence electrons. The minimum atomic E-state index is -4.76. The summed E-state index contributed by atoms with van der Waals surface area (Å²) in [6.07, 6.45) is -4.52. The number of alkyl halides is 3. The summed E-state index contributed by atoms with van der Waals surface area (Å²) in [6, 6.07) is 3.38. The molecule has 0 N–H and O–H groups in total. The van der Waals surface area contributed by atoms with Gasteiger partial charge in [0.1, 0.15) is 11.5 Å². The first-order chi connectivity index (χ1) is 7.87. The van der Waals surface area contributed by atoms with E-state index in [1.165, 1.54) is 13.2 Å². The van der Waals surface area contributed by atoms with Crippen molar-refractivity contribution in [2.75, 3.05) is 7.11 Å². The summed E-state index contributed by atoms with van der Waals surface area (Å²) in [5.41, 5.74) is 0.240. The van der Waals surface area contributed by atoms with Crippen LogP contribution in [0.3, 0.4) is 0 Å². The fourth-order valence-electron chi connectivity index (χ4n) is 1.29. The van der Waals surface area contributed by atoms with Crippen molar-refractivity contribution in [2.24, 2.45) is 0 Å². The van der Waals surface area contributed by atoms with Crippen LogP contribution in [0.5, 0.6) is 11.5 Å². The third-order valence-electron chi connectivity index (χ3n) is 2.03. The van der Waals surface area contributed by atoms with E-state index >= 15 is 0 Å². The number of ketones is 1. The molecule has 1 aromatic rings. The number of carbonyl (C=O) groups excluding carboxylic acids is 1. The Morgan fingerprint density at radius 3 is 2.47 bits per heavy atom. The van der Waals surface area contributed by atoms with Crippen LogP contribution in [-0.2, 0) is 0 Å². The summed E-state index contributed by atoms with van der Waals surface area (Å²) in [4.78, 5) is 11.4. The zero-order valence-corrected chi connectivity index (χ0v) is 9.30. The van der Waals surface area contributed by atoms with Crippen molar-refractivity contribution in [3.63, 3.8) is 0 Å². The minimum absolute atomic E-state index is 0.0681. The third-order valence-corrected chi connectivity index (χ3v) is 2.03. The largest absolute Gasteiger partial charge is 0.573 e. The Morgan fingerprint density at radius 2 is 2.00 bits per heavy atom. The standard InChI is InChI=1S/C11H11F3O3/c1-3-9(15)8-5-4-7(6-10(8)16-2)17-11(12,13)14/h4-6H,3H2,1-2H3. The van der Waals surface area contributed by atoms with Crippen LogP contribution in [0.25, 0.3) is 0 Å². The molecule has 3 nitrogen and oxygen atoms in total. The van der Waals surface area contributed by atoms with E-state index in [1.807, 2.05) is 0 Å². The smallest absolute Gasteiger partial charge is 0.496 e. The molecule has 1 aromatic carbocycles. The number of hydrogen-bond donors (Lipinski definition) is 0. The van der Waals surface area contributed by atoms with E-state index in [-0.39, 0.29) is 23.5 Å². The van der Waals surface area contributed by atoms with Gasteiger partial charge in [0.2, 0.25) is 0 Å². The van der Waals surface area contributed by atoms with Gasteiger partial charge < -0.3 is 9.47 Å². The Labute approximate surface area is 96.1 Å². The van der Waals surface area contributed by atoms with Crippen LogP contribution in [0.15, 0.2) is 18.2 Å². The van der Waals surface area contributed by atoms with Gasteiger partial charge >= 0.3 is 6.36 Å². The van der Waals surface area contributed by atoms with Crippen molar-refractivity contribution in [3.8, 4) is 11.5 Å². The molecule has 0 atom stereocenters. The van der Waals surface area contributed by atoms with Crippen LogP contribution in [0.1, 0.15) is 23.7 Å². The fraction of sp³-hybridized carbons (Fsp3) is 0.364. The van der Waals surface area contributed by atoms with Crippen LogP contribution in [0.4, 0.5) is 13.2 Å². The first-order valence-electron chi connectivity index (χ1n) is 4.84. The van der Waals surface area contributed by atoms with Gasteiger partial charge in [-0.15, -0.1) is 13.2 Å². The summed E-state index contributed by atoms with van der Waals surface area (Å²) in [5.74, 6) is -0.555. The number of benzene rings is 1. The highest BCUT2D eigenvalue weighted by Gasteiger charge is 2.31. The molecule has 0 bridgehead atoms. The maximum Gasteiger partial charge on any atom is 0.573 e. The van der Waals surface area contributed by atoms with Gasteiger partial charge in [0.05, 0.1) is 12.7 Å². The Hall–Kier alpha value is -1.72. The number of methoxy groups -OCH3 is 1. The molecule has 0 heterocycles. The van der Waals surface area contributed by atoms with Crippen molar-refractivity contribution in [1.29, 1.82) is 0 Å². The van der Waals surface area contributed by atoms with E-state index in [1.54, 1.807) is 6.92 Å². The molecule has 0 saturated heterocycles. The van der Waals surface area contributed by atoms with Gasteiger partial charge in [-0.25, -0.2) is 0 Å². The van der Waals surface area contributed by atoms with E-state index < -0.39 is 12.1 Å². The normalized spacial score (nSPS) is 11.1. The SMILES string of the molecule is CCC(=O)c1ccc(OC(F)(F)F)cc1OC. The molecule has 0 saturated carbocycles. The average Bonchev–Trinajstić information content (AvgIpc) is 2.25. The topological polar surface area (TPSA) is 35.5 Å². The second-order valence-corrected chi connectivity index (χ2v) is 3.19. The maximum absolute atomic E-state index is 12.0. The summed E-state index contributed by atoms with van der Waals surface area (Å²) >= 11 is 0. The molecule has 17 heavy (non-hydrogen) atoms. The molecular weight excluding hydrogens is 237 g/mol. The van der Waals surface area contributed by atoms with Crippen LogP contribution < -0.4 is 9.47 Å². The lowest BCUT2D eigenvalue weighted by atomic mass is 10.1. The van der Waals surface area contributed by atoms with Crippen LogP contribution in [0.2, 0.25) is 0 Å². The highest BCUT2D eigenvalue weighted by atomic mass is 19.4. The number of Topliss-reactive ketones (excluding diaryl/α,β-unsaturated/α-hetero) is 1. The number of rotatable bonds is 4. The van der Waals surface area contributed by atoms with Gasteiger partial charge in [-0.2, -0.15) is 0 Å².